The van der Waals surface area contributed by atoms with E-state index in [1.807, 2.05) is 37.3 Å². The molecule has 0 saturated heterocycles. The maximum absolute atomic E-state index is 10.6. The number of hydrogen-bond donors (Lipinski definition) is 0. The molecule has 0 N–H and O–H groups in total. The summed E-state index contributed by atoms with van der Waals surface area (Å²) in [6.45, 7) is 9.69. The Labute approximate surface area is 137 Å². The van der Waals surface area contributed by atoms with E-state index in [-0.39, 0.29) is 12.6 Å². The molecule has 126 valence electrons. The van der Waals surface area contributed by atoms with Crippen LogP contribution in [0.15, 0.2) is 55.6 Å². The average molecular weight is 320 g/mol. The number of rotatable bonds is 9. The van der Waals surface area contributed by atoms with Gasteiger partial charge in [-0.1, -0.05) is 44.7 Å². The number of esters is 2. The molecule has 1 aromatic carbocycles. The van der Waals surface area contributed by atoms with Crippen LogP contribution in [-0.2, 0) is 19.1 Å². The first kappa shape index (κ1) is 20.4. The highest BCUT2D eigenvalue weighted by Gasteiger charge is 1.95. The van der Waals surface area contributed by atoms with Crippen molar-refractivity contribution in [2.24, 2.45) is 0 Å². The molecule has 1 rings (SSSR count). The maximum atomic E-state index is 10.6. The van der Waals surface area contributed by atoms with Crippen LogP contribution in [-0.4, -0.2) is 31.8 Å². The summed E-state index contributed by atoms with van der Waals surface area (Å²) >= 11 is 0. The largest absolute Gasteiger partial charge is 0.490 e. The van der Waals surface area contributed by atoms with E-state index in [1.54, 1.807) is 0 Å². The molecule has 0 aromatic heterocycles. The number of para-hydroxylation sites is 1. The fraction of sp³-hybridized carbons (Fsp3) is 0.333. The van der Waals surface area contributed by atoms with E-state index in [2.05, 4.69) is 17.9 Å². The van der Waals surface area contributed by atoms with Gasteiger partial charge >= 0.3 is 11.9 Å². The number of carbonyl (C=O) groups excluding carboxylic acids is 2. The number of benzene rings is 1. The second-order valence-corrected chi connectivity index (χ2v) is 4.26. The zero-order valence-corrected chi connectivity index (χ0v) is 13.5. The van der Waals surface area contributed by atoms with E-state index >= 15 is 0 Å². The van der Waals surface area contributed by atoms with Gasteiger partial charge in [-0.25, -0.2) is 9.59 Å². The van der Waals surface area contributed by atoms with Crippen molar-refractivity contribution in [3.05, 3.63) is 55.6 Å². The van der Waals surface area contributed by atoms with Crippen molar-refractivity contribution in [1.82, 2.24) is 0 Å². The number of hydrogen-bond acceptors (Lipinski definition) is 5. The van der Waals surface area contributed by atoms with E-state index in [0.29, 0.717) is 13.2 Å². The van der Waals surface area contributed by atoms with E-state index in [0.717, 1.165) is 24.7 Å². The van der Waals surface area contributed by atoms with Crippen LogP contribution >= 0.6 is 0 Å². The van der Waals surface area contributed by atoms with Crippen LogP contribution < -0.4 is 4.74 Å². The van der Waals surface area contributed by atoms with Crippen LogP contribution in [0.5, 0.6) is 5.75 Å². The molecule has 1 aromatic rings. The van der Waals surface area contributed by atoms with Crippen molar-refractivity contribution >= 4 is 11.9 Å². The van der Waals surface area contributed by atoms with E-state index in [1.165, 1.54) is 6.08 Å². The van der Waals surface area contributed by atoms with Gasteiger partial charge in [-0.15, -0.1) is 0 Å². The lowest BCUT2D eigenvalue weighted by Gasteiger charge is -2.05. The summed E-state index contributed by atoms with van der Waals surface area (Å²) < 4.78 is 14.7. The van der Waals surface area contributed by atoms with Crippen LogP contribution in [0.4, 0.5) is 0 Å². The van der Waals surface area contributed by atoms with Gasteiger partial charge < -0.3 is 14.2 Å². The molecule has 5 nitrogen and oxygen atoms in total. The van der Waals surface area contributed by atoms with Gasteiger partial charge in [0, 0.05) is 12.2 Å². The Bertz CT molecular complexity index is 468. The number of ether oxygens (including phenoxy) is 3. The third kappa shape index (κ3) is 12.9. The second kappa shape index (κ2) is 14.4. The van der Waals surface area contributed by atoms with Crippen LogP contribution in [0.2, 0.25) is 0 Å². The van der Waals surface area contributed by atoms with Crippen molar-refractivity contribution in [2.75, 3.05) is 19.8 Å². The van der Waals surface area contributed by atoms with Crippen LogP contribution in [0, 0.1) is 0 Å². The molecule has 0 aliphatic carbocycles. The Hall–Kier alpha value is -2.56. The molecule has 0 atom stereocenters. The maximum Gasteiger partial charge on any atom is 0.330 e. The van der Waals surface area contributed by atoms with Crippen molar-refractivity contribution < 1.29 is 23.8 Å². The molecule has 0 amide bonds. The van der Waals surface area contributed by atoms with Gasteiger partial charge in [0.05, 0.1) is 6.61 Å². The third-order valence-corrected chi connectivity index (χ3v) is 2.42. The predicted octanol–water partition coefficient (Wildman–Crippen LogP) is 3.31. The summed E-state index contributed by atoms with van der Waals surface area (Å²) in [5.74, 6) is 0.00673. The highest BCUT2D eigenvalue weighted by Crippen LogP contribution is 2.07. The summed E-state index contributed by atoms with van der Waals surface area (Å²) in [4.78, 5) is 21.0. The van der Waals surface area contributed by atoms with Gasteiger partial charge in [0.15, 0.2) is 0 Å². The lowest BCUT2D eigenvalue weighted by Crippen LogP contribution is -2.09. The molecule has 0 spiro atoms. The summed E-state index contributed by atoms with van der Waals surface area (Å²) in [5, 5.41) is 0. The van der Waals surface area contributed by atoms with Crippen LogP contribution in [0.1, 0.15) is 19.8 Å². The molecular formula is C18H24O5. The summed E-state index contributed by atoms with van der Waals surface area (Å²) in [5.41, 5.74) is 0. The fourth-order valence-electron chi connectivity index (χ4n) is 1.25. The monoisotopic (exact) mass is 320 g/mol. The lowest BCUT2D eigenvalue weighted by molar-refractivity contribution is -0.139. The fourth-order valence-corrected chi connectivity index (χ4v) is 1.25. The lowest BCUT2D eigenvalue weighted by atomic mass is 10.3. The molecule has 0 unspecified atom stereocenters. The standard InChI is InChI=1S/C11H12O3.C7H12O2/c1-2-11(12)14-9-8-13-10-6-4-3-5-7-10;1-3-5-6-9-7(8)4-2/h2-7H,1,8-9H2;4H,2-3,5-6H2,1H3. The predicted molar refractivity (Wildman–Crippen MR) is 89.2 cm³/mol. The molecule has 0 bridgehead atoms. The summed E-state index contributed by atoms with van der Waals surface area (Å²) in [7, 11) is 0. The van der Waals surface area contributed by atoms with E-state index in [4.69, 9.17) is 9.47 Å². The molecule has 0 saturated carbocycles. The summed E-state index contributed by atoms with van der Waals surface area (Å²) in [6.07, 6.45) is 4.28. The molecule has 0 radical (unpaired) electrons. The van der Waals surface area contributed by atoms with Gasteiger partial charge in [0.2, 0.25) is 0 Å². The van der Waals surface area contributed by atoms with E-state index in [9.17, 15) is 9.59 Å². The molecular weight excluding hydrogens is 296 g/mol. The molecule has 5 heteroatoms. The second-order valence-electron chi connectivity index (χ2n) is 4.26. The van der Waals surface area contributed by atoms with Gasteiger partial charge in [-0.3, -0.25) is 0 Å². The molecule has 0 heterocycles. The molecule has 0 aliphatic rings. The Morgan fingerprint density at radius 1 is 0.957 bits per heavy atom. The Morgan fingerprint density at radius 2 is 1.52 bits per heavy atom. The first-order chi connectivity index (χ1) is 11.1. The minimum absolute atomic E-state index is 0.236. The Kier molecular flexibility index (Phi) is 12.8. The van der Waals surface area contributed by atoms with Gasteiger partial charge in [0.25, 0.3) is 0 Å². The van der Waals surface area contributed by atoms with Gasteiger partial charge in [-0.2, -0.15) is 0 Å². The van der Waals surface area contributed by atoms with Crippen molar-refractivity contribution in [1.29, 1.82) is 0 Å². The quantitative estimate of drug-likeness (QED) is 0.397. The topological polar surface area (TPSA) is 61.8 Å². The average Bonchev–Trinajstić information content (AvgIpc) is 2.60. The zero-order valence-electron chi connectivity index (χ0n) is 13.5. The summed E-state index contributed by atoms with van der Waals surface area (Å²) in [6, 6.07) is 9.35. The van der Waals surface area contributed by atoms with Crippen LogP contribution in [0.3, 0.4) is 0 Å². The highest BCUT2D eigenvalue weighted by atomic mass is 16.6. The minimum Gasteiger partial charge on any atom is -0.490 e. The Balaban J connectivity index is 0.000000468. The third-order valence-electron chi connectivity index (χ3n) is 2.42. The first-order valence-electron chi connectivity index (χ1n) is 7.40. The number of carbonyl (C=O) groups is 2. The highest BCUT2D eigenvalue weighted by molar-refractivity contribution is 5.81. The molecule has 0 fully saturated rings. The molecule has 23 heavy (non-hydrogen) atoms. The number of unbranched alkanes of at least 4 members (excludes halogenated alkanes) is 1. The smallest absolute Gasteiger partial charge is 0.330 e. The Morgan fingerprint density at radius 3 is 2.04 bits per heavy atom. The van der Waals surface area contributed by atoms with Crippen molar-refractivity contribution in [3.63, 3.8) is 0 Å². The van der Waals surface area contributed by atoms with Gasteiger partial charge in [0.1, 0.15) is 19.0 Å². The minimum atomic E-state index is -0.429. The van der Waals surface area contributed by atoms with Crippen molar-refractivity contribution in [2.45, 2.75) is 19.8 Å². The van der Waals surface area contributed by atoms with Gasteiger partial charge in [-0.05, 0) is 18.6 Å². The van der Waals surface area contributed by atoms with Crippen molar-refractivity contribution in [3.8, 4) is 5.75 Å². The molecule has 0 aliphatic heterocycles. The normalized spacial score (nSPS) is 8.91. The van der Waals surface area contributed by atoms with E-state index < -0.39 is 5.97 Å². The first-order valence-corrected chi connectivity index (χ1v) is 7.40. The zero-order chi connectivity index (χ0) is 17.3. The van der Waals surface area contributed by atoms with Crippen LogP contribution in [0.25, 0.3) is 0 Å². The SMILES string of the molecule is C=CC(=O)OCCCC.C=CC(=O)OCCOc1ccccc1.